The minimum Gasteiger partial charge on any atom is -0.454 e. The maximum atomic E-state index is 13.1. The van der Waals surface area contributed by atoms with E-state index in [0.29, 0.717) is 12.6 Å². The molecule has 2 aliphatic rings. The molecule has 1 aliphatic carbocycles. The van der Waals surface area contributed by atoms with Crippen molar-refractivity contribution < 1.29 is 14.3 Å². The average molecular weight is 369 g/mol. The standard InChI is InChI=1S/C21H23NO3S/c1-2-12-22(16-6-4-3-5-7-16)21(23)20-11-10-19(26-20)15-8-9-17-18(13-15)25-14-24-17/h2,8-11,13,16H,1,3-7,12,14H2. The average Bonchev–Trinajstić information content (AvgIpc) is 3.35. The van der Waals surface area contributed by atoms with Gasteiger partial charge in [0.15, 0.2) is 11.5 Å². The molecule has 0 atom stereocenters. The lowest BCUT2D eigenvalue weighted by atomic mass is 9.94. The number of ether oxygens (including phenoxy) is 2. The van der Waals surface area contributed by atoms with Gasteiger partial charge in [-0.2, -0.15) is 0 Å². The Morgan fingerprint density at radius 3 is 2.77 bits per heavy atom. The summed E-state index contributed by atoms with van der Waals surface area (Å²) < 4.78 is 10.8. The van der Waals surface area contributed by atoms with Crippen LogP contribution in [0.1, 0.15) is 41.8 Å². The number of rotatable bonds is 5. The summed E-state index contributed by atoms with van der Waals surface area (Å²) in [4.78, 5) is 17.0. The molecule has 1 aromatic carbocycles. The Bertz CT molecular complexity index is 807. The van der Waals surface area contributed by atoms with E-state index in [-0.39, 0.29) is 12.7 Å². The third kappa shape index (κ3) is 3.36. The van der Waals surface area contributed by atoms with E-state index in [0.717, 1.165) is 39.7 Å². The normalized spacial score (nSPS) is 16.5. The Kier molecular flexibility index (Phi) is 4.98. The van der Waals surface area contributed by atoms with Crippen molar-refractivity contribution >= 4 is 17.2 Å². The molecule has 26 heavy (non-hydrogen) atoms. The van der Waals surface area contributed by atoms with Crippen LogP contribution in [-0.2, 0) is 0 Å². The first-order valence-corrected chi connectivity index (χ1v) is 9.99. The summed E-state index contributed by atoms with van der Waals surface area (Å²) in [6, 6.07) is 10.2. The zero-order chi connectivity index (χ0) is 17.9. The summed E-state index contributed by atoms with van der Waals surface area (Å²) in [6.45, 7) is 4.72. The smallest absolute Gasteiger partial charge is 0.264 e. The van der Waals surface area contributed by atoms with Gasteiger partial charge in [0, 0.05) is 17.5 Å². The highest BCUT2D eigenvalue weighted by atomic mass is 32.1. The molecule has 2 aromatic rings. The van der Waals surface area contributed by atoms with Crippen LogP contribution in [-0.4, -0.2) is 30.2 Å². The predicted octanol–water partition coefficient (Wildman–Crippen LogP) is 5.10. The summed E-state index contributed by atoms with van der Waals surface area (Å²) in [6.07, 6.45) is 7.72. The number of nitrogens with zero attached hydrogens (tertiary/aromatic N) is 1. The Hall–Kier alpha value is -2.27. The molecule has 0 unspecified atom stereocenters. The van der Waals surface area contributed by atoms with E-state index in [1.54, 1.807) is 0 Å². The van der Waals surface area contributed by atoms with Crippen LogP contribution < -0.4 is 9.47 Å². The Morgan fingerprint density at radius 1 is 1.15 bits per heavy atom. The number of amides is 1. The Morgan fingerprint density at radius 2 is 1.96 bits per heavy atom. The summed E-state index contributed by atoms with van der Waals surface area (Å²) in [5, 5.41) is 0. The zero-order valence-electron chi connectivity index (χ0n) is 14.8. The van der Waals surface area contributed by atoms with Gasteiger partial charge in [-0.25, -0.2) is 0 Å². The van der Waals surface area contributed by atoms with Crippen molar-refractivity contribution in [2.75, 3.05) is 13.3 Å². The van der Waals surface area contributed by atoms with E-state index in [1.807, 2.05) is 41.3 Å². The minimum absolute atomic E-state index is 0.119. The molecule has 0 spiro atoms. The number of thiophene rings is 1. The third-order valence-corrected chi connectivity index (χ3v) is 6.20. The van der Waals surface area contributed by atoms with E-state index in [1.165, 1.54) is 30.6 Å². The third-order valence-electron chi connectivity index (χ3n) is 5.08. The molecule has 1 fully saturated rings. The van der Waals surface area contributed by atoms with Crippen LogP contribution in [0.25, 0.3) is 10.4 Å². The minimum atomic E-state index is 0.119. The molecule has 0 bridgehead atoms. The Labute approximate surface area is 158 Å². The van der Waals surface area contributed by atoms with E-state index >= 15 is 0 Å². The summed E-state index contributed by atoms with van der Waals surface area (Å²) in [7, 11) is 0. The van der Waals surface area contributed by atoms with Gasteiger partial charge in [0.1, 0.15) is 0 Å². The molecule has 136 valence electrons. The van der Waals surface area contributed by atoms with Crippen LogP contribution in [0.5, 0.6) is 11.5 Å². The van der Waals surface area contributed by atoms with Gasteiger partial charge in [0.2, 0.25) is 6.79 Å². The molecule has 0 N–H and O–H groups in total. The predicted molar refractivity (Wildman–Crippen MR) is 104 cm³/mol. The molecule has 5 heteroatoms. The maximum Gasteiger partial charge on any atom is 0.264 e. The highest BCUT2D eigenvalue weighted by molar-refractivity contribution is 7.17. The molecule has 1 aliphatic heterocycles. The molecule has 1 aromatic heterocycles. The second kappa shape index (κ2) is 7.54. The van der Waals surface area contributed by atoms with Crippen molar-refractivity contribution in [3.05, 3.63) is 47.9 Å². The molecular formula is C21H23NO3S. The second-order valence-corrected chi connectivity index (χ2v) is 7.85. The first kappa shape index (κ1) is 17.2. The van der Waals surface area contributed by atoms with Gasteiger partial charge < -0.3 is 14.4 Å². The SMILES string of the molecule is C=CCN(C(=O)c1ccc(-c2ccc3c(c2)OCO3)s1)C1CCCCC1. The van der Waals surface area contributed by atoms with Crippen LogP contribution in [0.2, 0.25) is 0 Å². The lowest BCUT2D eigenvalue weighted by Crippen LogP contribution is -2.41. The molecule has 2 heterocycles. The Balaban J connectivity index is 1.55. The highest BCUT2D eigenvalue weighted by Gasteiger charge is 2.26. The van der Waals surface area contributed by atoms with E-state index in [9.17, 15) is 4.79 Å². The summed E-state index contributed by atoms with van der Waals surface area (Å²) in [5.41, 5.74) is 1.05. The molecule has 1 amide bonds. The molecular weight excluding hydrogens is 346 g/mol. The number of hydrogen-bond acceptors (Lipinski definition) is 4. The lowest BCUT2D eigenvalue weighted by Gasteiger charge is -2.33. The van der Waals surface area contributed by atoms with Gasteiger partial charge in [-0.15, -0.1) is 17.9 Å². The fourth-order valence-electron chi connectivity index (χ4n) is 3.73. The maximum absolute atomic E-state index is 13.1. The number of carbonyl (C=O) groups excluding carboxylic acids is 1. The molecule has 0 radical (unpaired) electrons. The number of benzene rings is 1. The first-order chi connectivity index (χ1) is 12.8. The van der Waals surface area contributed by atoms with E-state index in [4.69, 9.17) is 9.47 Å². The van der Waals surface area contributed by atoms with Crippen molar-refractivity contribution in [1.29, 1.82) is 0 Å². The van der Waals surface area contributed by atoms with Crippen LogP contribution in [0, 0.1) is 0 Å². The van der Waals surface area contributed by atoms with Gasteiger partial charge in [-0.1, -0.05) is 25.3 Å². The number of carbonyl (C=O) groups is 1. The second-order valence-electron chi connectivity index (χ2n) is 6.77. The number of fused-ring (bicyclic) bond motifs is 1. The van der Waals surface area contributed by atoms with Crippen molar-refractivity contribution in [2.24, 2.45) is 0 Å². The van der Waals surface area contributed by atoms with Gasteiger partial charge in [0.05, 0.1) is 4.88 Å². The van der Waals surface area contributed by atoms with Gasteiger partial charge >= 0.3 is 0 Å². The van der Waals surface area contributed by atoms with Crippen molar-refractivity contribution in [3.63, 3.8) is 0 Å². The van der Waals surface area contributed by atoms with Crippen LogP contribution in [0.4, 0.5) is 0 Å². The fourth-order valence-corrected chi connectivity index (χ4v) is 4.69. The first-order valence-electron chi connectivity index (χ1n) is 9.18. The van der Waals surface area contributed by atoms with Gasteiger partial charge in [-0.3, -0.25) is 4.79 Å². The lowest BCUT2D eigenvalue weighted by molar-refractivity contribution is 0.0668. The molecule has 1 saturated carbocycles. The van der Waals surface area contributed by atoms with Crippen LogP contribution in [0.3, 0.4) is 0 Å². The van der Waals surface area contributed by atoms with Crippen molar-refractivity contribution in [2.45, 2.75) is 38.1 Å². The van der Waals surface area contributed by atoms with E-state index < -0.39 is 0 Å². The monoisotopic (exact) mass is 369 g/mol. The largest absolute Gasteiger partial charge is 0.454 e. The highest BCUT2D eigenvalue weighted by Crippen LogP contribution is 2.38. The van der Waals surface area contributed by atoms with Crippen molar-refractivity contribution in [3.8, 4) is 21.9 Å². The summed E-state index contributed by atoms with van der Waals surface area (Å²) >= 11 is 1.54. The molecule has 0 saturated heterocycles. The van der Waals surface area contributed by atoms with Gasteiger partial charge in [0.25, 0.3) is 5.91 Å². The van der Waals surface area contributed by atoms with E-state index in [2.05, 4.69) is 6.58 Å². The fraction of sp³-hybridized carbons (Fsp3) is 0.381. The van der Waals surface area contributed by atoms with Crippen LogP contribution >= 0.6 is 11.3 Å². The van der Waals surface area contributed by atoms with Crippen LogP contribution in [0.15, 0.2) is 43.0 Å². The van der Waals surface area contributed by atoms with Crippen molar-refractivity contribution in [1.82, 2.24) is 4.90 Å². The summed E-state index contributed by atoms with van der Waals surface area (Å²) in [5.74, 6) is 1.66. The molecule has 4 nitrogen and oxygen atoms in total. The topological polar surface area (TPSA) is 38.8 Å². The molecule has 4 rings (SSSR count). The quantitative estimate of drug-likeness (QED) is 0.688. The zero-order valence-corrected chi connectivity index (χ0v) is 15.6. The number of hydrogen-bond donors (Lipinski definition) is 0. The van der Waals surface area contributed by atoms with Gasteiger partial charge in [-0.05, 0) is 48.7 Å².